The molecule has 9 heteroatoms. The summed E-state index contributed by atoms with van der Waals surface area (Å²) in [5, 5.41) is 0. The molecule has 0 aromatic carbocycles. The smallest absolute Gasteiger partial charge is 0.870 e. The fourth-order valence-corrected chi connectivity index (χ4v) is 0. The van der Waals surface area contributed by atoms with Gasteiger partial charge in [0.1, 0.15) is 0 Å². The first kappa shape index (κ1) is 504. The summed E-state index contributed by atoms with van der Waals surface area (Å²) < 4.78 is 0. The van der Waals surface area contributed by atoms with Crippen molar-refractivity contribution in [2.45, 2.75) is 0 Å². The summed E-state index contributed by atoms with van der Waals surface area (Å²) in [6.45, 7) is 0. The summed E-state index contributed by atoms with van der Waals surface area (Å²) in [7, 11) is 0. The van der Waals surface area contributed by atoms with E-state index in [1.807, 2.05) is 0 Å². The largest absolute Gasteiger partial charge is 4.00 e. The molecule has 0 aromatic heterocycles. The van der Waals surface area contributed by atoms with Crippen LogP contribution in [0.2, 0.25) is 0 Å². The first-order valence-corrected chi connectivity index (χ1v) is 0. The van der Waals surface area contributed by atoms with Gasteiger partial charge in [0.05, 0.1) is 0 Å². The van der Waals surface area contributed by atoms with Gasteiger partial charge in [0.25, 0.3) is 0 Å². The van der Waals surface area contributed by atoms with Crippen molar-refractivity contribution >= 4 is 48.3 Å². The molecule has 0 aliphatic carbocycles. The van der Waals surface area contributed by atoms with Crippen LogP contribution in [0.1, 0.15) is 0 Å². The fourth-order valence-electron chi connectivity index (χ4n) is 0. The normalized spacial score (nSPS) is 0. The van der Waals surface area contributed by atoms with Gasteiger partial charge in [0.15, 0.2) is 0 Å². The second kappa shape index (κ2) is 363. The zero-order valence-corrected chi connectivity index (χ0v) is 9.48. The first-order chi connectivity index (χ1) is 0. The van der Waals surface area contributed by atoms with Crippen molar-refractivity contribution in [3.8, 4) is 0 Å². The van der Waals surface area contributed by atoms with Crippen LogP contribution in [0.15, 0.2) is 0 Å². The zero-order chi connectivity index (χ0) is 0. The molecular weight excluding hydrogens is 352 g/mol. The monoisotopic (exact) mass is 360 g/mol. The van der Waals surface area contributed by atoms with Gasteiger partial charge >= 0.3 is 48.3 Å². The Balaban J connectivity index is 0. The molecule has 0 saturated heterocycles. The second-order valence-electron chi connectivity index (χ2n) is 0. The predicted molar refractivity (Wildman–Crippen MR) is 25.1 cm³/mol. The molecule has 58 valence electrons. The van der Waals surface area contributed by atoms with Gasteiger partial charge in [0.2, 0.25) is 0 Å². The summed E-state index contributed by atoms with van der Waals surface area (Å²) in [4.78, 5) is 0. The molecule has 0 fully saturated rings. The van der Waals surface area contributed by atoms with Crippen LogP contribution < -0.4 is 0 Å². The van der Waals surface area contributed by atoms with E-state index in [0.717, 1.165) is 0 Å². The summed E-state index contributed by atoms with van der Waals surface area (Å²) in [5.74, 6) is 0. The van der Waals surface area contributed by atoms with Crippen molar-refractivity contribution in [2.24, 2.45) is 0 Å². The maximum Gasteiger partial charge on any atom is 4.00 e. The average Bonchev–Trinajstić information content (AvgIpc) is 0. The molecule has 0 heterocycles. The summed E-state index contributed by atoms with van der Waals surface area (Å²) in [5.41, 5.74) is 0. The van der Waals surface area contributed by atoms with Crippen LogP contribution in [0.4, 0.5) is 0 Å². The van der Waals surface area contributed by atoms with Crippen molar-refractivity contribution in [1.82, 2.24) is 0 Å². The molecule has 2 radical (unpaired) electrons. The summed E-state index contributed by atoms with van der Waals surface area (Å²) in [6, 6.07) is 0. The molecule has 0 aromatic rings. The molecule has 0 rings (SSSR count). The molecular formula is H7O7SbSn. The van der Waals surface area contributed by atoms with Crippen LogP contribution in [-0.4, -0.2) is 86.7 Å². The molecule has 0 aliphatic heterocycles. The minimum absolute atomic E-state index is 0. The molecule has 0 saturated carbocycles. The fraction of sp³-hybridized carbons (Fsp3) is 0. The van der Waals surface area contributed by atoms with Gasteiger partial charge in [-0.2, -0.15) is 0 Å². The molecule has 7 N–H and O–H groups in total. The molecule has 9 heavy (non-hydrogen) atoms. The Labute approximate surface area is 86.4 Å². The molecule has 0 atom stereocenters. The van der Waals surface area contributed by atoms with Crippen LogP contribution in [0.5, 0.6) is 0 Å². The van der Waals surface area contributed by atoms with Crippen LogP contribution in [0.3, 0.4) is 0 Å². The van der Waals surface area contributed by atoms with Gasteiger partial charge in [-0.3, -0.25) is 0 Å². The Morgan fingerprint density at radius 1 is 0.333 bits per heavy atom. The summed E-state index contributed by atoms with van der Waals surface area (Å²) in [6.07, 6.45) is 0. The molecule has 0 unspecified atom stereocenters. The minimum atomic E-state index is 0. The minimum Gasteiger partial charge on any atom is -0.870 e. The third-order valence-corrected chi connectivity index (χ3v) is 0. The first-order valence-electron chi connectivity index (χ1n) is 0. The van der Waals surface area contributed by atoms with E-state index in [9.17, 15) is 0 Å². The summed E-state index contributed by atoms with van der Waals surface area (Å²) >= 11 is 0. The van der Waals surface area contributed by atoms with Crippen molar-refractivity contribution in [1.29, 1.82) is 0 Å². The Kier molecular flexibility index (Phi) is 20300. The number of hydrogen-bond donors (Lipinski definition) is 0. The van der Waals surface area contributed by atoms with E-state index in [4.69, 9.17) is 0 Å². The van der Waals surface area contributed by atoms with Crippen molar-refractivity contribution in [3.05, 3.63) is 0 Å². The zero-order valence-electron chi connectivity index (χ0n) is 4.08. The molecule has 7 nitrogen and oxygen atoms in total. The van der Waals surface area contributed by atoms with Crippen LogP contribution in [0, 0.1) is 0 Å². The van der Waals surface area contributed by atoms with Crippen molar-refractivity contribution in [2.75, 3.05) is 0 Å². The van der Waals surface area contributed by atoms with Gasteiger partial charge in [-0.1, -0.05) is 0 Å². The van der Waals surface area contributed by atoms with E-state index in [1.165, 1.54) is 0 Å². The maximum absolute atomic E-state index is 0. The topological polar surface area (TPSA) is 210 Å². The van der Waals surface area contributed by atoms with E-state index in [-0.39, 0.29) is 86.7 Å². The van der Waals surface area contributed by atoms with E-state index in [1.54, 1.807) is 0 Å². The standard InChI is InChI=1S/7H2O.Sb.Sn/h7*1H2;;/q;;;;;;;+3;+4/p-7. The van der Waals surface area contributed by atoms with Gasteiger partial charge in [-0.15, -0.1) is 0 Å². The molecule has 0 spiro atoms. The maximum atomic E-state index is 0. The van der Waals surface area contributed by atoms with E-state index in [2.05, 4.69) is 0 Å². The van der Waals surface area contributed by atoms with Crippen molar-refractivity contribution in [3.63, 3.8) is 0 Å². The van der Waals surface area contributed by atoms with E-state index >= 15 is 0 Å². The SMILES string of the molecule is [OH-].[OH-].[OH-].[OH-].[OH-].[OH-].[OH-].[Sb+3].[Sn+4]. The second-order valence-corrected chi connectivity index (χ2v) is 0. The van der Waals surface area contributed by atoms with Crippen LogP contribution in [0.25, 0.3) is 0 Å². The Bertz CT molecular complexity index is 8.88. The van der Waals surface area contributed by atoms with Gasteiger partial charge in [-0.25, -0.2) is 0 Å². The van der Waals surface area contributed by atoms with Gasteiger partial charge in [-0.05, 0) is 0 Å². The molecule has 0 aliphatic rings. The Hall–Kier alpha value is 1.34. The molecule has 0 amide bonds. The van der Waals surface area contributed by atoms with Crippen LogP contribution >= 0.6 is 0 Å². The number of hydrogen-bond acceptors (Lipinski definition) is 7. The van der Waals surface area contributed by atoms with E-state index < -0.39 is 0 Å². The Morgan fingerprint density at radius 3 is 0.333 bits per heavy atom. The van der Waals surface area contributed by atoms with Crippen molar-refractivity contribution < 1.29 is 38.3 Å². The quantitative estimate of drug-likeness (QED) is 0.443. The molecule has 0 bridgehead atoms. The third-order valence-electron chi connectivity index (χ3n) is 0. The van der Waals surface area contributed by atoms with Gasteiger partial charge < -0.3 is 38.3 Å². The van der Waals surface area contributed by atoms with Gasteiger partial charge in [0, 0.05) is 0 Å². The van der Waals surface area contributed by atoms with E-state index in [0.29, 0.717) is 0 Å². The number of rotatable bonds is 0. The average molecular weight is 360 g/mol. The predicted octanol–water partition coefficient (Wildman–Crippen LogP) is -2.00. The third kappa shape index (κ3) is 281. The Morgan fingerprint density at radius 2 is 0.333 bits per heavy atom. The van der Waals surface area contributed by atoms with Crippen LogP contribution in [-0.2, 0) is 0 Å².